The van der Waals surface area contributed by atoms with Crippen LogP contribution in [0.15, 0.2) is 36.5 Å². The van der Waals surface area contributed by atoms with Gasteiger partial charge in [-0.15, -0.1) is 0 Å². The smallest absolute Gasteiger partial charge is 0.325 e. The van der Waals surface area contributed by atoms with Crippen LogP contribution in [-0.2, 0) is 22.6 Å². The van der Waals surface area contributed by atoms with Crippen LogP contribution in [0.25, 0.3) is 0 Å². The number of ketones is 1. The van der Waals surface area contributed by atoms with Gasteiger partial charge in [-0.3, -0.25) is 19.1 Å². The highest BCUT2D eigenvalue weighted by Crippen LogP contribution is 2.10. The Bertz CT molecular complexity index is 735. The van der Waals surface area contributed by atoms with E-state index in [1.807, 2.05) is 19.1 Å². The van der Waals surface area contributed by atoms with Gasteiger partial charge in [0.25, 0.3) is 0 Å². The van der Waals surface area contributed by atoms with Gasteiger partial charge in [0, 0.05) is 30.7 Å². The van der Waals surface area contributed by atoms with Crippen LogP contribution < -0.4 is 5.32 Å². The lowest BCUT2D eigenvalue weighted by atomic mass is 10.0. The van der Waals surface area contributed by atoms with E-state index < -0.39 is 5.97 Å². The summed E-state index contributed by atoms with van der Waals surface area (Å²) in [7, 11) is 0. The number of nitrogens with zero attached hydrogens (tertiary/aromatic N) is 2. The van der Waals surface area contributed by atoms with Crippen LogP contribution in [0.4, 0.5) is 5.82 Å². The molecule has 0 unspecified atom stereocenters. The Labute approximate surface area is 139 Å². The van der Waals surface area contributed by atoms with E-state index in [4.69, 9.17) is 5.11 Å². The van der Waals surface area contributed by atoms with E-state index in [0.717, 1.165) is 12.0 Å². The monoisotopic (exact) mass is 329 g/mol. The molecule has 0 spiro atoms. The quantitative estimate of drug-likeness (QED) is 0.723. The Kier molecular flexibility index (Phi) is 5.83. The minimum Gasteiger partial charge on any atom is -0.480 e. The van der Waals surface area contributed by atoms with Crippen LogP contribution in [0, 0.1) is 0 Å². The van der Waals surface area contributed by atoms with Gasteiger partial charge in [0.2, 0.25) is 5.91 Å². The number of anilines is 1. The highest BCUT2D eigenvalue weighted by atomic mass is 16.4. The van der Waals surface area contributed by atoms with Gasteiger partial charge in [-0.2, -0.15) is 5.10 Å². The molecule has 2 rings (SSSR count). The molecule has 0 radical (unpaired) electrons. The Balaban J connectivity index is 1.82. The first-order valence-corrected chi connectivity index (χ1v) is 7.65. The van der Waals surface area contributed by atoms with Crippen molar-refractivity contribution in [3.05, 3.63) is 47.7 Å². The predicted molar refractivity (Wildman–Crippen MR) is 87.9 cm³/mol. The summed E-state index contributed by atoms with van der Waals surface area (Å²) in [6, 6.07) is 8.86. The molecule has 2 N–H and O–H groups in total. The summed E-state index contributed by atoms with van der Waals surface area (Å²) in [4.78, 5) is 34.5. The Morgan fingerprint density at radius 3 is 2.46 bits per heavy atom. The summed E-state index contributed by atoms with van der Waals surface area (Å²) in [6.45, 7) is 1.76. The van der Waals surface area contributed by atoms with Gasteiger partial charge in [0.05, 0.1) is 0 Å². The summed E-state index contributed by atoms with van der Waals surface area (Å²) in [5.41, 5.74) is 1.74. The number of benzene rings is 1. The standard InChI is InChI=1S/C17H19N3O4/c1-2-12-3-5-13(6-4-12)14(21)7-8-16(22)18-15-9-10-20(19-15)11-17(23)24/h3-6,9-10H,2,7-8,11H2,1H3,(H,23,24)(H,18,19,22). The average molecular weight is 329 g/mol. The van der Waals surface area contributed by atoms with Crippen molar-refractivity contribution < 1.29 is 19.5 Å². The average Bonchev–Trinajstić information content (AvgIpc) is 2.98. The summed E-state index contributed by atoms with van der Waals surface area (Å²) in [5.74, 6) is -1.19. The highest BCUT2D eigenvalue weighted by molar-refractivity contribution is 5.99. The number of nitrogens with one attached hydrogen (secondary N) is 1. The zero-order chi connectivity index (χ0) is 17.5. The van der Waals surface area contributed by atoms with Gasteiger partial charge in [0.1, 0.15) is 6.54 Å². The number of carboxylic acids is 1. The molecule has 24 heavy (non-hydrogen) atoms. The van der Waals surface area contributed by atoms with Crippen molar-refractivity contribution in [1.82, 2.24) is 9.78 Å². The fourth-order valence-corrected chi connectivity index (χ4v) is 2.16. The molecule has 126 valence electrons. The van der Waals surface area contributed by atoms with Gasteiger partial charge in [0.15, 0.2) is 11.6 Å². The van der Waals surface area contributed by atoms with Crippen LogP contribution in [0.3, 0.4) is 0 Å². The molecule has 2 aromatic rings. The number of aryl methyl sites for hydroxylation is 1. The summed E-state index contributed by atoms with van der Waals surface area (Å²) < 4.78 is 1.21. The van der Waals surface area contributed by atoms with Crippen molar-refractivity contribution in [2.45, 2.75) is 32.7 Å². The third-order valence-corrected chi connectivity index (χ3v) is 3.47. The Morgan fingerprint density at radius 2 is 1.83 bits per heavy atom. The number of aromatic nitrogens is 2. The lowest BCUT2D eigenvalue weighted by molar-refractivity contribution is -0.137. The second-order valence-electron chi connectivity index (χ2n) is 5.31. The van der Waals surface area contributed by atoms with Crippen molar-refractivity contribution in [2.24, 2.45) is 0 Å². The van der Waals surface area contributed by atoms with Gasteiger partial charge in [-0.05, 0) is 12.0 Å². The fraction of sp³-hybridized carbons (Fsp3) is 0.294. The van der Waals surface area contributed by atoms with Crippen molar-refractivity contribution >= 4 is 23.5 Å². The topological polar surface area (TPSA) is 101 Å². The molecule has 1 amide bonds. The van der Waals surface area contributed by atoms with Crippen LogP contribution in [0.2, 0.25) is 0 Å². The maximum absolute atomic E-state index is 12.1. The number of amides is 1. The van der Waals surface area contributed by atoms with Crippen molar-refractivity contribution in [1.29, 1.82) is 0 Å². The normalized spacial score (nSPS) is 10.4. The van der Waals surface area contributed by atoms with Gasteiger partial charge in [-0.25, -0.2) is 0 Å². The lowest BCUT2D eigenvalue weighted by Gasteiger charge is -2.03. The third-order valence-electron chi connectivity index (χ3n) is 3.47. The molecule has 1 heterocycles. The summed E-state index contributed by atoms with van der Waals surface area (Å²) in [6.07, 6.45) is 2.52. The number of carbonyl (C=O) groups excluding carboxylic acids is 2. The SMILES string of the molecule is CCc1ccc(C(=O)CCC(=O)Nc2ccn(CC(=O)O)n2)cc1. The van der Waals surface area contributed by atoms with Crippen molar-refractivity contribution in [3.8, 4) is 0 Å². The largest absolute Gasteiger partial charge is 0.480 e. The van der Waals surface area contributed by atoms with Crippen molar-refractivity contribution in [3.63, 3.8) is 0 Å². The lowest BCUT2D eigenvalue weighted by Crippen LogP contribution is -2.15. The van der Waals surface area contributed by atoms with Crippen LogP contribution in [0.5, 0.6) is 0 Å². The molecule has 7 heteroatoms. The first-order chi connectivity index (χ1) is 11.5. The van der Waals surface area contributed by atoms with E-state index in [2.05, 4.69) is 10.4 Å². The molecular formula is C17H19N3O4. The number of hydrogen-bond acceptors (Lipinski definition) is 4. The number of carbonyl (C=O) groups is 3. The Hall–Kier alpha value is -2.96. The number of rotatable bonds is 8. The van der Waals surface area contributed by atoms with Crippen LogP contribution in [-0.4, -0.2) is 32.5 Å². The zero-order valence-corrected chi connectivity index (χ0v) is 13.4. The van der Waals surface area contributed by atoms with Gasteiger partial charge < -0.3 is 10.4 Å². The van der Waals surface area contributed by atoms with E-state index in [1.54, 1.807) is 12.1 Å². The number of aliphatic carboxylic acids is 1. The highest BCUT2D eigenvalue weighted by Gasteiger charge is 2.11. The number of Topliss-reactive ketones (excluding diaryl/α,β-unsaturated/α-hetero) is 1. The first-order valence-electron chi connectivity index (χ1n) is 7.65. The minimum absolute atomic E-state index is 0.0418. The zero-order valence-electron chi connectivity index (χ0n) is 13.4. The first kappa shape index (κ1) is 17.4. The molecule has 0 saturated heterocycles. The third kappa shape index (κ3) is 5.05. The molecule has 7 nitrogen and oxygen atoms in total. The molecule has 0 fully saturated rings. The van der Waals surface area contributed by atoms with Crippen LogP contribution in [0.1, 0.15) is 35.7 Å². The van der Waals surface area contributed by atoms with E-state index in [-0.39, 0.29) is 36.9 Å². The Morgan fingerprint density at radius 1 is 1.12 bits per heavy atom. The molecule has 0 aliphatic rings. The van der Waals surface area contributed by atoms with E-state index >= 15 is 0 Å². The second-order valence-corrected chi connectivity index (χ2v) is 5.31. The number of carboxylic acid groups (broad SMARTS) is 1. The molecular weight excluding hydrogens is 310 g/mol. The van der Waals surface area contributed by atoms with Crippen molar-refractivity contribution in [2.75, 3.05) is 5.32 Å². The number of hydrogen-bond donors (Lipinski definition) is 2. The molecule has 1 aromatic carbocycles. The maximum atomic E-state index is 12.1. The van der Waals surface area contributed by atoms with E-state index in [9.17, 15) is 14.4 Å². The van der Waals surface area contributed by atoms with Gasteiger partial charge >= 0.3 is 5.97 Å². The molecule has 1 aromatic heterocycles. The van der Waals surface area contributed by atoms with Gasteiger partial charge in [-0.1, -0.05) is 31.2 Å². The summed E-state index contributed by atoms with van der Waals surface area (Å²) in [5, 5.41) is 15.1. The molecule has 0 aliphatic carbocycles. The fourth-order valence-electron chi connectivity index (χ4n) is 2.16. The predicted octanol–water partition coefficient (Wildman–Crippen LogP) is 2.13. The summed E-state index contributed by atoms with van der Waals surface area (Å²) >= 11 is 0. The maximum Gasteiger partial charge on any atom is 0.325 e. The minimum atomic E-state index is -1.02. The second kappa shape index (κ2) is 8.05. The molecule has 0 saturated carbocycles. The van der Waals surface area contributed by atoms with Crippen LogP contribution >= 0.6 is 0 Å². The molecule has 0 aliphatic heterocycles. The molecule has 0 bridgehead atoms. The van der Waals surface area contributed by atoms with E-state index in [1.165, 1.54) is 16.9 Å². The van der Waals surface area contributed by atoms with E-state index in [0.29, 0.717) is 5.56 Å². The molecule has 0 atom stereocenters.